The number of benzene rings is 1. The van der Waals surface area contributed by atoms with Crippen molar-refractivity contribution < 1.29 is 19.1 Å². The molecule has 1 aliphatic heterocycles. The molecular weight excluding hydrogens is 270 g/mol. The van der Waals surface area contributed by atoms with Gasteiger partial charge in [0.1, 0.15) is 6.10 Å². The molecule has 0 radical (unpaired) electrons. The van der Waals surface area contributed by atoms with Gasteiger partial charge in [-0.05, 0) is 24.6 Å². The summed E-state index contributed by atoms with van der Waals surface area (Å²) in [5.74, 6) is -2.05. The summed E-state index contributed by atoms with van der Waals surface area (Å²) in [6, 6.07) is 8.83. The lowest BCUT2D eigenvalue weighted by molar-refractivity contribution is -0.149. The summed E-state index contributed by atoms with van der Waals surface area (Å²) in [4.78, 5) is 37.5. The Balaban J connectivity index is 1.94. The second-order valence-corrected chi connectivity index (χ2v) is 5.22. The van der Waals surface area contributed by atoms with Crippen LogP contribution >= 0.6 is 0 Å². The van der Waals surface area contributed by atoms with E-state index in [9.17, 15) is 14.4 Å². The van der Waals surface area contributed by atoms with Crippen molar-refractivity contribution in [1.29, 1.82) is 0 Å². The third kappa shape index (κ3) is 2.24. The third-order valence-corrected chi connectivity index (χ3v) is 3.86. The number of allylic oxidation sites excluding steroid dienone is 1. The van der Waals surface area contributed by atoms with Gasteiger partial charge in [0.15, 0.2) is 0 Å². The lowest BCUT2D eigenvalue weighted by Gasteiger charge is -2.25. The Morgan fingerprint density at radius 1 is 1.19 bits per heavy atom. The molecule has 2 aliphatic rings. The van der Waals surface area contributed by atoms with Crippen LogP contribution in [-0.4, -0.2) is 23.9 Å². The highest BCUT2D eigenvalue weighted by Gasteiger charge is 2.52. The summed E-state index contributed by atoms with van der Waals surface area (Å²) < 4.78 is 5.18. The molecule has 1 aromatic rings. The number of carbonyl (C=O) groups is 3. The van der Waals surface area contributed by atoms with Gasteiger partial charge in [-0.1, -0.05) is 24.3 Å². The maximum Gasteiger partial charge on any atom is 0.303 e. The van der Waals surface area contributed by atoms with E-state index in [1.807, 2.05) is 6.07 Å². The summed E-state index contributed by atoms with van der Waals surface area (Å²) in [6.45, 7) is 1.30. The minimum Gasteiger partial charge on any atom is -0.457 e. The molecule has 1 saturated heterocycles. The molecule has 0 bridgehead atoms. The number of fused-ring (bicyclic) bond motifs is 1. The van der Waals surface area contributed by atoms with Crippen LogP contribution in [-0.2, 0) is 19.1 Å². The number of para-hydroxylation sites is 1. The minimum atomic E-state index is -0.661. The van der Waals surface area contributed by atoms with E-state index >= 15 is 0 Å². The Labute approximate surface area is 122 Å². The second kappa shape index (κ2) is 5.16. The Hall–Kier alpha value is -2.43. The fourth-order valence-corrected chi connectivity index (χ4v) is 2.98. The summed E-state index contributed by atoms with van der Waals surface area (Å²) >= 11 is 0. The highest BCUT2D eigenvalue weighted by atomic mass is 16.5. The number of hydrogen-bond acceptors (Lipinski definition) is 4. The summed E-state index contributed by atoms with van der Waals surface area (Å²) in [7, 11) is 0. The van der Waals surface area contributed by atoms with Crippen LogP contribution in [0.5, 0.6) is 0 Å². The summed E-state index contributed by atoms with van der Waals surface area (Å²) in [6.07, 6.45) is 3.33. The lowest BCUT2D eigenvalue weighted by Crippen LogP contribution is -2.36. The number of imide groups is 1. The van der Waals surface area contributed by atoms with Crippen molar-refractivity contribution in [3.63, 3.8) is 0 Å². The smallest absolute Gasteiger partial charge is 0.303 e. The molecule has 0 unspecified atom stereocenters. The van der Waals surface area contributed by atoms with Gasteiger partial charge in [-0.25, -0.2) is 4.90 Å². The average Bonchev–Trinajstić information content (AvgIpc) is 2.72. The number of rotatable bonds is 2. The van der Waals surface area contributed by atoms with Gasteiger partial charge < -0.3 is 4.74 Å². The van der Waals surface area contributed by atoms with E-state index in [-0.39, 0.29) is 11.8 Å². The summed E-state index contributed by atoms with van der Waals surface area (Å²) in [5, 5.41) is 0. The van der Waals surface area contributed by atoms with E-state index in [1.165, 1.54) is 11.8 Å². The SMILES string of the molecule is CC(=O)O[C@@H]1C=CC[C@@H]2C(=O)N(c3ccccc3)C(=O)[C@@H]21. The van der Waals surface area contributed by atoms with Gasteiger partial charge in [0.2, 0.25) is 11.8 Å². The number of anilines is 1. The zero-order chi connectivity index (χ0) is 15.0. The molecule has 1 fully saturated rings. The fraction of sp³-hybridized carbons (Fsp3) is 0.312. The van der Waals surface area contributed by atoms with Gasteiger partial charge in [0.25, 0.3) is 0 Å². The van der Waals surface area contributed by atoms with Crippen molar-refractivity contribution >= 4 is 23.5 Å². The monoisotopic (exact) mass is 285 g/mol. The third-order valence-electron chi connectivity index (χ3n) is 3.86. The van der Waals surface area contributed by atoms with Crippen molar-refractivity contribution in [2.24, 2.45) is 11.8 Å². The highest BCUT2D eigenvalue weighted by Crippen LogP contribution is 2.38. The largest absolute Gasteiger partial charge is 0.457 e. The van der Waals surface area contributed by atoms with Crippen molar-refractivity contribution in [2.45, 2.75) is 19.4 Å². The van der Waals surface area contributed by atoms with Crippen molar-refractivity contribution in [3.05, 3.63) is 42.5 Å². The maximum atomic E-state index is 12.6. The molecule has 0 saturated carbocycles. The molecule has 5 nitrogen and oxygen atoms in total. The molecule has 2 amide bonds. The fourth-order valence-electron chi connectivity index (χ4n) is 2.98. The van der Waals surface area contributed by atoms with Crippen LogP contribution in [0.2, 0.25) is 0 Å². The molecular formula is C16H15NO4. The van der Waals surface area contributed by atoms with Gasteiger partial charge in [-0.15, -0.1) is 0 Å². The summed E-state index contributed by atoms with van der Waals surface area (Å²) in [5.41, 5.74) is 0.559. The van der Waals surface area contributed by atoms with E-state index in [0.717, 1.165) is 0 Å². The number of nitrogens with zero attached hydrogens (tertiary/aromatic N) is 1. The van der Waals surface area contributed by atoms with E-state index in [2.05, 4.69) is 0 Å². The first-order valence-corrected chi connectivity index (χ1v) is 6.86. The van der Waals surface area contributed by atoms with Crippen LogP contribution in [0.15, 0.2) is 42.5 Å². The average molecular weight is 285 g/mol. The molecule has 3 rings (SSSR count). The zero-order valence-electron chi connectivity index (χ0n) is 11.6. The predicted octanol–water partition coefficient (Wildman–Crippen LogP) is 1.68. The molecule has 3 atom stereocenters. The molecule has 0 spiro atoms. The first kappa shape index (κ1) is 13.5. The Morgan fingerprint density at radius 2 is 1.90 bits per heavy atom. The van der Waals surface area contributed by atoms with Crippen LogP contribution in [0.3, 0.4) is 0 Å². The number of hydrogen-bond donors (Lipinski definition) is 0. The van der Waals surface area contributed by atoms with E-state index in [4.69, 9.17) is 4.74 Å². The maximum absolute atomic E-state index is 12.6. The van der Waals surface area contributed by atoms with Crippen LogP contribution in [0.4, 0.5) is 5.69 Å². The van der Waals surface area contributed by atoms with Crippen LogP contribution in [0, 0.1) is 11.8 Å². The first-order chi connectivity index (χ1) is 10.1. The number of amides is 2. The quantitative estimate of drug-likeness (QED) is 0.471. The number of carbonyl (C=O) groups excluding carboxylic acids is 3. The molecule has 1 aliphatic carbocycles. The predicted molar refractivity (Wildman–Crippen MR) is 75.2 cm³/mol. The normalized spacial score (nSPS) is 27.7. The molecule has 21 heavy (non-hydrogen) atoms. The molecule has 1 heterocycles. The molecule has 1 aromatic carbocycles. The Kier molecular flexibility index (Phi) is 3.33. The van der Waals surface area contributed by atoms with E-state index in [0.29, 0.717) is 12.1 Å². The van der Waals surface area contributed by atoms with Crippen molar-refractivity contribution in [2.75, 3.05) is 4.90 Å². The Morgan fingerprint density at radius 3 is 2.57 bits per heavy atom. The first-order valence-electron chi connectivity index (χ1n) is 6.86. The minimum absolute atomic E-state index is 0.224. The topological polar surface area (TPSA) is 63.7 Å². The van der Waals surface area contributed by atoms with Gasteiger partial charge in [0.05, 0.1) is 17.5 Å². The van der Waals surface area contributed by atoms with Gasteiger partial charge >= 0.3 is 5.97 Å². The molecule has 0 N–H and O–H groups in total. The molecule has 5 heteroatoms. The van der Waals surface area contributed by atoms with E-state index in [1.54, 1.807) is 36.4 Å². The van der Waals surface area contributed by atoms with Crippen LogP contribution < -0.4 is 4.90 Å². The van der Waals surface area contributed by atoms with Crippen molar-refractivity contribution in [3.8, 4) is 0 Å². The van der Waals surface area contributed by atoms with E-state index < -0.39 is 23.9 Å². The van der Waals surface area contributed by atoms with Gasteiger partial charge in [-0.2, -0.15) is 0 Å². The second-order valence-electron chi connectivity index (χ2n) is 5.22. The number of ether oxygens (including phenoxy) is 1. The van der Waals surface area contributed by atoms with Gasteiger partial charge in [0, 0.05) is 6.92 Å². The highest BCUT2D eigenvalue weighted by molar-refractivity contribution is 6.22. The standard InChI is InChI=1S/C16H15NO4/c1-10(18)21-13-9-5-8-12-14(13)16(20)17(15(12)19)11-6-3-2-4-7-11/h2-7,9,12-14H,8H2,1H3/t12-,13+,14-/m0/s1. The van der Waals surface area contributed by atoms with Crippen LogP contribution in [0.25, 0.3) is 0 Å². The van der Waals surface area contributed by atoms with Crippen LogP contribution in [0.1, 0.15) is 13.3 Å². The zero-order valence-corrected chi connectivity index (χ0v) is 11.6. The van der Waals surface area contributed by atoms with Crippen molar-refractivity contribution in [1.82, 2.24) is 0 Å². The molecule has 0 aromatic heterocycles. The molecule has 108 valence electrons. The Bertz CT molecular complexity index is 622. The van der Waals surface area contributed by atoms with Gasteiger partial charge in [-0.3, -0.25) is 14.4 Å². The lowest BCUT2D eigenvalue weighted by atomic mass is 9.83. The number of esters is 1.